The molecule has 1 saturated heterocycles. The van der Waals surface area contributed by atoms with Gasteiger partial charge in [0.25, 0.3) is 0 Å². The predicted octanol–water partition coefficient (Wildman–Crippen LogP) is 5.06. The number of piperidine rings is 1. The van der Waals surface area contributed by atoms with Crippen LogP contribution in [-0.4, -0.2) is 31.1 Å². The maximum Gasteiger partial charge on any atom is 0.321 e. The van der Waals surface area contributed by atoms with Crippen molar-refractivity contribution in [1.82, 2.24) is 4.90 Å². The van der Waals surface area contributed by atoms with Gasteiger partial charge in [-0.2, -0.15) is 0 Å². The summed E-state index contributed by atoms with van der Waals surface area (Å²) in [5.41, 5.74) is 3.39. The van der Waals surface area contributed by atoms with Crippen molar-refractivity contribution in [1.29, 1.82) is 0 Å². The van der Waals surface area contributed by atoms with E-state index in [9.17, 15) is 4.79 Å². The van der Waals surface area contributed by atoms with Crippen LogP contribution in [0.3, 0.4) is 0 Å². The summed E-state index contributed by atoms with van der Waals surface area (Å²) in [7, 11) is 1.72. The van der Waals surface area contributed by atoms with Gasteiger partial charge in [0.15, 0.2) is 0 Å². The monoisotopic (exact) mass is 352 g/mol. The van der Waals surface area contributed by atoms with Crippen molar-refractivity contribution in [2.24, 2.45) is 0 Å². The number of carbonyl (C=O) groups excluding carboxylic acids is 1. The lowest BCUT2D eigenvalue weighted by atomic mass is 9.89. The number of amides is 2. The van der Waals surface area contributed by atoms with Crippen LogP contribution in [0.2, 0.25) is 0 Å². The summed E-state index contributed by atoms with van der Waals surface area (Å²) in [5, 5.41) is 3.10. The van der Waals surface area contributed by atoms with E-state index < -0.39 is 0 Å². The number of likely N-dealkylation sites (tertiary alicyclic amines) is 1. The summed E-state index contributed by atoms with van der Waals surface area (Å²) < 4.78 is 5.50. The van der Waals surface area contributed by atoms with Crippen molar-refractivity contribution in [3.8, 4) is 5.75 Å². The lowest BCUT2D eigenvalue weighted by Gasteiger charge is -2.33. The van der Waals surface area contributed by atoms with E-state index in [0.29, 0.717) is 5.92 Å². The number of ether oxygens (including phenoxy) is 1. The number of nitrogens with one attached hydrogen (secondary N) is 1. The molecule has 0 bridgehead atoms. The predicted molar refractivity (Wildman–Crippen MR) is 106 cm³/mol. The van der Waals surface area contributed by atoms with Crippen molar-refractivity contribution in [2.45, 2.75) is 38.5 Å². The van der Waals surface area contributed by atoms with Gasteiger partial charge in [0.05, 0.1) is 7.11 Å². The molecule has 1 aliphatic rings. The second kappa shape index (κ2) is 8.75. The first-order valence-electron chi connectivity index (χ1n) is 9.49. The number of nitrogens with zero attached hydrogens (tertiary/aromatic N) is 1. The van der Waals surface area contributed by atoms with E-state index in [-0.39, 0.29) is 6.03 Å². The maximum atomic E-state index is 12.7. The van der Waals surface area contributed by atoms with Crippen LogP contribution < -0.4 is 10.1 Å². The highest BCUT2D eigenvalue weighted by Crippen LogP contribution is 2.34. The van der Waals surface area contributed by atoms with E-state index in [2.05, 4.69) is 30.4 Å². The van der Waals surface area contributed by atoms with E-state index in [0.717, 1.165) is 50.2 Å². The molecule has 2 aromatic carbocycles. The minimum Gasteiger partial charge on any atom is -0.496 e. The topological polar surface area (TPSA) is 41.6 Å². The van der Waals surface area contributed by atoms with Gasteiger partial charge in [-0.3, -0.25) is 0 Å². The van der Waals surface area contributed by atoms with Gasteiger partial charge in [-0.05, 0) is 48.4 Å². The smallest absolute Gasteiger partial charge is 0.321 e. The van der Waals surface area contributed by atoms with E-state index in [4.69, 9.17) is 4.74 Å². The van der Waals surface area contributed by atoms with Gasteiger partial charge in [-0.15, -0.1) is 0 Å². The molecule has 26 heavy (non-hydrogen) atoms. The van der Waals surface area contributed by atoms with Crippen molar-refractivity contribution in [3.05, 3.63) is 59.7 Å². The Hall–Kier alpha value is -2.49. The summed E-state index contributed by atoms with van der Waals surface area (Å²) in [6.07, 6.45) is 3.97. The molecule has 2 amide bonds. The number of hydrogen-bond donors (Lipinski definition) is 1. The summed E-state index contributed by atoms with van der Waals surface area (Å²) in [4.78, 5) is 14.6. The standard InChI is InChI=1S/C22H28N2O2/c1-3-8-18-9-4-6-11-20(18)23-22(25)24-15-13-17(14-16-24)19-10-5-7-12-21(19)26-2/h4-7,9-12,17H,3,8,13-16H2,1-2H3,(H,23,25). The van der Waals surface area contributed by atoms with Gasteiger partial charge < -0.3 is 15.0 Å². The van der Waals surface area contributed by atoms with Crippen molar-refractivity contribution in [2.75, 3.05) is 25.5 Å². The Balaban J connectivity index is 1.60. The summed E-state index contributed by atoms with van der Waals surface area (Å²) >= 11 is 0. The molecular weight excluding hydrogens is 324 g/mol. The summed E-state index contributed by atoms with van der Waals surface area (Å²) in [6.45, 7) is 3.69. The maximum absolute atomic E-state index is 12.7. The van der Waals surface area contributed by atoms with E-state index >= 15 is 0 Å². The zero-order valence-electron chi connectivity index (χ0n) is 15.7. The fourth-order valence-corrected chi connectivity index (χ4v) is 3.72. The normalized spacial score (nSPS) is 14.9. The van der Waals surface area contributed by atoms with E-state index in [1.165, 1.54) is 11.1 Å². The molecule has 0 radical (unpaired) electrons. The van der Waals surface area contributed by atoms with E-state index in [1.807, 2.05) is 35.2 Å². The zero-order chi connectivity index (χ0) is 18.4. The molecule has 0 spiro atoms. The van der Waals surface area contributed by atoms with Crippen molar-refractivity contribution >= 4 is 11.7 Å². The highest BCUT2D eigenvalue weighted by atomic mass is 16.5. The largest absolute Gasteiger partial charge is 0.496 e. The van der Waals surface area contributed by atoms with Gasteiger partial charge in [-0.1, -0.05) is 49.7 Å². The Morgan fingerprint density at radius 3 is 2.54 bits per heavy atom. The van der Waals surface area contributed by atoms with Gasteiger partial charge in [0, 0.05) is 18.8 Å². The Morgan fingerprint density at radius 1 is 1.12 bits per heavy atom. The van der Waals surface area contributed by atoms with Gasteiger partial charge in [-0.25, -0.2) is 4.79 Å². The molecule has 2 aromatic rings. The fourth-order valence-electron chi connectivity index (χ4n) is 3.72. The SMILES string of the molecule is CCCc1ccccc1NC(=O)N1CCC(c2ccccc2OC)CC1. The molecule has 0 unspecified atom stereocenters. The molecule has 0 aromatic heterocycles. The Kier molecular flexibility index (Phi) is 6.16. The van der Waals surface area contributed by atoms with Crippen LogP contribution >= 0.6 is 0 Å². The lowest BCUT2D eigenvalue weighted by Crippen LogP contribution is -2.40. The molecular formula is C22H28N2O2. The van der Waals surface area contributed by atoms with Gasteiger partial charge in [0.1, 0.15) is 5.75 Å². The molecule has 1 heterocycles. The lowest BCUT2D eigenvalue weighted by molar-refractivity contribution is 0.194. The Bertz CT molecular complexity index is 736. The number of para-hydroxylation sites is 2. The molecule has 1 N–H and O–H groups in total. The molecule has 4 heteroatoms. The summed E-state index contributed by atoms with van der Waals surface area (Å²) in [5.74, 6) is 1.39. The van der Waals surface area contributed by atoms with Crippen LogP contribution in [-0.2, 0) is 6.42 Å². The molecule has 138 valence electrons. The first-order chi connectivity index (χ1) is 12.7. The molecule has 0 atom stereocenters. The number of benzene rings is 2. The fraction of sp³-hybridized carbons (Fsp3) is 0.409. The molecule has 3 rings (SSSR count). The second-order valence-electron chi connectivity index (χ2n) is 6.84. The molecule has 4 nitrogen and oxygen atoms in total. The average Bonchev–Trinajstić information content (AvgIpc) is 2.69. The van der Waals surface area contributed by atoms with Crippen molar-refractivity contribution in [3.63, 3.8) is 0 Å². The molecule has 1 fully saturated rings. The van der Waals surface area contributed by atoms with Crippen LogP contribution in [0.15, 0.2) is 48.5 Å². The Morgan fingerprint density at radius 2 is 1.81 bits per heavy atom. The van der Waals surface area contributed by atoms with Gasteiger partial charge in [0.2, 0.25) is 0 Å². The van der Waals surface area contributed by atoms with Crippen LogP contribution in [0.1, 0.15) is 43.2 Å². The number of rotatable bonds is 5. The third kappa shape index (κ3) is 4.18. The number of methoxy groups -OCH3 is 1. The van der Waals surface area contributed by atoms with Crippen LogP contribution in [0.5, 0.6) is 5.75 Å². The van der Waals surface area contributed by atoms with E-state index in [1.54, 1.807) is 7.11 Å². The molecule has 1 aliphatic heterocycles. The average molecular weight is 352 g/mol. The first kappa shape index (κ1) is 18.3. The quantitative estimate of drug-likeness (QED) is 0.817. The first-order valence-corrected chi connectivity index (χ1v) is 9.49. The third-order valence-electron chi connectivity index (χ3n) is 5.14. The molecule has 0 aliphatic carbocycles. The number of carbonyl (C=O) groups is 1. The van der Waals surface area contributed by atoms with Crippen molar-refractivity contribution < 1.29 is 9.53 Å². The van der Waals surface area contributed by atoms with Gasteiger partial charge >= 0.3 is 6.03 Å². The van der Waals surface area contributed by atoms with Crippen LogP contribution in [0, 0.1) is 0 Å². The zero-order valence-corrected chi connectivity index (χ0v) is 15.7. The number of anilines is 1. The minimum atomic E-state index is 0.00651. The molecule has 0 saturated carbocycles. The summed E-state index contributed by atoms with van der Waals surface area (Å²) in [6, 6.07) is 16.3. The highest BCUT2D eigenvalue weighted by molar-refractivity contribution is 5.90. The number of urea groups is 1. The highest BCUT2D eigenvalue weighted by Gasteiger charge is 2.25. The van der Waals surface area contributed by atoms with Crippen LogP contribution in [0.4, 0.5) is 10.5 Å². The Labute approximate surface area is 156 Å². The number of aryl methyl sites for hydroxylation is 1. The minimum absolute atomic E-state index is 0.00651. The third-order valence-corrected chi connectivity index (χ3v) is 5.14. The number of hydrogen-bond acceptors (Lipinski definition) is 2. The second-order valence-corrected chi connectivity index (χ2v) is 6.84. The van der Waals surface area contributed by atoms with Crippen LogP contribution in [0.25, 0.3) is 0 Å².